The Balaban J connectivity index is 1.91. The lowest BCUT2D eigenvalue weighted by molar-refractivity contribution is 0.0954. The predicted molar refractivity (Wildman–Crippen MR) is 88.4 cm³/mol. The number of carbonyl (C=O) groups excluding carboxylic acids is 1. The van der Waals surface area contributed by atoms with E-state index in [2.05, 4.69) is 19.6 Å². The molecule has 0 fully saturated rings. The molecule has 0 radical (unpaired) electrons. The van der Waals surface area contributed by atoms with E-state index in [1.54, 1.807) is 38.1 Å². The number of hydrogen-bond donors (Lipinski definition) is 2. The zero-order valence-corrected chi connectivity index (χ0v) is 14.4. The highest BCUT2D eigenvalue weighted by Crippen LogP contribution is 2.09. The quantitative estimate of drug-likeness (QED) is 0.780. The van der Waals surface area contributed by atoms with E-state index in [1.807, 2.05) is 0 Å². The zero-order valence-electron chi connectivity index (χ0n) is 12.8. The summed E-state index contributed by atoms with van der Waals surface area (Å²) in [6.45, 7) is 3.91. The minimum absolute atomic E-state index is 0.0651. The van der Waals surface area contributed by atoms with Crippen LogP contribution in [0.15, 0.2) is 30.5 Å². The second-order valence-corrected chi connectivity index (χ2v) is 7.85. The smallest absolute Gasteiger partial charge is 0.264 e. The lowest BCUT2D eigenvalue weighted by Gasteiger charge is -2.10. The highest BCUT2D eigenvalue weighted by atomic mass is 32.2. The number of rotatable bonds is 7. The highest BCUT2D eigenvalue weighted by molar-refractivity contribution is 7.88. The molecular formula is C14H18N4O3S2. The molecule has 0 aliphatic carbocycles. The van der Waals surface area contributed by atoms with E-state index in [-0.39, 0.29) is 17.7 Å². The van der Waals surface area contributed by atoms with Gasteiger partial charge in [0.15, 0.2) is 0 Å². The third-order valence-corrected chi connectivity index (χ3v) is 5.04. The Bertz CT molecular complexity index is 741. The van der Waals surface area contributed by atoms with E-state index in [0.717, 1.165) is 17.1 Å². The van der Waals surface area contributed by atoms with Gasteiger partial charge in [-0.3, -0.25) is 4.79 Å². The van der Waals surface area contributed by atoms with Crippen LogP contribution in [0.3, 0.4) is 0 Å². The summed E-state index contributed by atoms with van der Waals surface area (Å²) in [5, 5.41) is 6.37. The van der Waals surface area contributed by atoms with Crippen LogP contribution in [-0.4, -0.2) is 30.0 Å². The maximum absolute atomic E-state index is 11.9. The third-order valence-electron chi connectivity index (χ3n) is 2.83. The monoisotopic (exact) mass is 354 g/mol. The Morgan fingerprint density at radius 2 is 1.87 bits per heavy atom. The third kappa shape index (κ3) is 5.70. The first-order valence-electron chi connectivity index (χ1n) is 6.99. The summed E-state index contributed by atoms with van der Waals surface area (Å²) in [7, 11) is -3.33. The van der Waals surface area contributed by atoms with Crippen molar-refractivity contribution in [2.24, 2.45) is 0 Å². The fourth-order valence-corrected chi connectivity index (χ4v) is 3.77. The predicted octanol–water partition coefficient (Wildman–Crippen LogP) is 1.30. The van der Waals surface area contributed by atoms with Gasteiger partial charge in [-0.05, 0) is 36.5 Å². The molecule has 2 rings (SSSR count). The molecule has 7 nitrogen and oxygen atoms in total. The maximum atomic E-state index is 11.9. The van der Waals surface area contributed by atoms with Crippen molar-refractivity contribution in [1.29, 1.82) is 0 Å². The van der Waals surface area contributed by atoms with Gasteiger partial charge in [-0.25, -0.2) is 13.1 Å². The normalized spacial score (nSPS) is 11.6. The molecule has 124 valence electrons. The summed E-state index contributed by atoms with van der Waals surface area (Å²) >= 11 is 1.03. The molecule has 0 saturated heterocycles. The lowest BCUT2D eigenvalue weighted by Crippen LogP contribution is -2.31. The van der Waals surface area contributed by atoms with Crippen LogP contribution in [0, 0.1) is 0 Å². The number of benzene rings is 1. The molecule has 2 N–H and O–H groups in total. The number of hydrogen-bond acceptors (Lipinski definition) is 6. The van der Waals surface area contributed by atoms with Crippen molar-refractivity contribution in [2.45, 2.75) is 32.2 Å². The molecule has 0 unspecified atom stereocenters. The molecule has 1 heterocycles. The first kappa shape index (κ1) is 17.5. The van der Waals surface area contributed by atoms with Crippen LogP contribution >= 0.6 is 11.5 Å². The second kappa shape index (κ2) is 7.62. The molecule has 0 aliphatic rings. The van der Waals surface area contributed by atoms with Gasteiger partial charge in [-0.15, -0.1) is 5.10 Å². The average molecular weight is 354 g/mol. The lowest BCUT2D eigenvalue weighted by atomic mass is 10.1. The van der Waals surface area contributed by atoms with Gasteiger partial charge in [0.05, 0.1) is 11.9 Å². The van der Waals surface area contributed by atoms with Crippen molar-refractivity contribution in [3.63, 3.8) is 0 Å². The number of aromatic nitrogens is 2. The molecule has 0 spiro atoms. The molecule has 2 aromatic rings. The Morgan fingerprint density at radius 1 is 1.22 bits per heavy atom. The van der Waals surface area contributed by atoms with Crippen molar-refractivity contribution in [3.05, 3.63) is 46.5 Å². The van der Waals surface area contributed by atoms with Gasteiger partial charge < -0.3 is 5.32 Å². The van der Waals surface area contributed by atoms with Gasteiger partial charge in [0.25, 0.3) is 5.91 Å². The van der Waals surface area contributed by atoms with Gasteiger partial charge in [0.2, 0.25) is 10.0 Å². The zero-order chi connectivity index (χ0) is 16.9. The van der Waals surface area contributed by atoms with Crippen molar-refractivity contribution in [2.75, 3.05) is 0 Å². The SMILES string of the molecule is CC(C)NS(=O)(=O)Cc1ccc(CNC(=O)c2cnns2)cc1. The largest absolute Gasteiger partial charge is 0.347 e. The van der Waals surface area contributed by atoms with Gasteiger partial charge in [0.1, 0.15) is 4.88 Å². The highest BCUT2D eigenvalue weighted by Gasteiger charge is 2.13. The number of sulfonamides is 1. The van der Waals surface area contributed by atoms with Crippen LogP contribution in [-0.2, 0) is 22.3 Å². The summed E-state index contributed by atoms with van der Waals surface area (Å²) in [4.78, 5) is 12.2. The second-order valence-electron chi connectivity index (χ2n) is 5.31. The van der Waals surface area contributed by atoms with Crippen LogP contribution in [0.2, 0.25) is 0 Å². The number of nitrogens with one attached hydrogen (secondary N) is 2. The van der Waals surface area contributed by atoms with E-state index in [0.29, 0.717) is 17.0 Å². The number of nitrogens with zero attached hydrogens (tertiary/aromatic N) is 2. The summed E-state index contributed by atoms with van der Waals surface area (Å²) < 4.78 is 29.9. The minimum atomic E-state index is -3.33. The molecular weight excluding hydrogens is 336 g/mol. The minimum Gasteiger partial charge on any atom is -0.347 e. The van der Waals surface area contributed by atoms with Gasteiger partial charge in [0, 0.05) is 12.6 Å². The summed E-state index contributed by atoms with van der Waals surface area (Å²) in [5.74, 6) is -0.294. The maximum Gasteiger partial charge on any atom is 0.264 e. The van der Waals surface area contributed by atoms with E-state index in [4.69, 9.17) is 0 Å². The Hall–Kier alpha value is -1.84. The van der Waals surface area contributed by atoms with E-state index in [9.17, 15) is 13.2 Å². The molecule has 9 heteroatoms. The van der Waals surface area contributed by atoms with Gasteiger partial charge in [-0.2, -0.15) is 0 Å². The molecule has 0 bridgehead atoms. The topological polar surface area (TPSA) is 101 Å². The van der Waals surface area contributed by atoms with Crippen LogP contribution in [0.25, 0.3) is 0 Å². The van der Waals surface area contributed by atoms with E-state index < -0.39 is 10.0 Å². The van der Waals surface area contributed by atoms with Crippen molar-refractivity contribution in [3.8, 4) is 0 Å². The van der Waals surface area contributed by atoms with Crippen LogP contribution in [0.4, 0.5) is 0 Å². The first-order valence-corrected chi connectivity index (χ1v) is 9.41. The standard InChI is InChI=1S/C14H18N4O3S2/c1-10(2)17-23(20,21)9-12-5-3-11(4-6-12)7-15-14(19)13-8-16-18-22-13/h3-6,8,10,17H,7,9H2,1-2H3,(H,15,19). The number of amides is 1. The fraction of sp³-hybridized carbons (Fsp3) is 0.357. The summed E-state index contributed by atoms with van der Waals surface area (Å²) in [6, 6.07) is 6.96. The summed E-state index contributed by atoms with van der Waals surface area (Å²) in [5.41, 5.74) is 1.58. The first-order chi connectivity index (χ1) is 10.9. The average Bonchev–Trinajstić information content (AvgIpc) is 2.98. The molecule has 1 aromatic heterocycles. The molecule has 0 aliphatic heterocycles. The number of carbonyl (C=O) groups is 1. The van der Waals surface area contributed by atoms with Crippen LogP contribution < -0.4 is 10.0 Å². The van der Waals surface area contributed by atoms with E-state index >= 15 is 0 Å². The molecule has 1 amide bonds. The Morgan fingerprint density at radius 3 is 2.43 bits per heavy atom. The van der Waals surface area contributed by atoms with E-state index in [1.165, 1.54) is 6.20 Å². The van der Waals surface area contributed by atoms with Gasteiger partial charge in [-0.1, -0.05) is 28.8 Å². The van der Waals surface area contributed by atoms with Gasteiger partial charge >= 0.3 is 0 Å². The molecule has 0 atom stereocenters. The van der Waals surface area contributed by atoms with Crippen LogP contribution in [0.1, 0.15) is 34.6 Å². The van der Waals surface area contributed by atoms with Crippen molar-refractivity contribution < 1.29 is 13.2 Å². The summed E-state index contributed by atoms with van der Waals surface area (Å²) in [6.07, 6.45) is 1.41. The van der Waals surface area contributed by atoms with Crippen molar-refractivity contribution >= 4 is 27.5 Å². The molecule has 23 heavy (non-hydrogen) atoms. The molecule has 0 saturated carbocycles. The molecule has 1 aromatic carbocycles. The Kier molecular flexibility index (Phi) is 5.80. The fourth-order valence-electron chi connectivity index (χ4n) is 1.91. The van der Waals surface area contributed by atoms with Crippen LogP contribution in [0.5, 0.6) is 0 Å². The van der Waals surface area contributed by atoms with Crippen molar-refractivity contribution in [1.82, 2.24) is 19.6 Å². The Labute approximate surface area is 139 Å².